The molecule has 1 amide bonds. The molecule has 1 fully saturated rings. The van der Waals surface area contributed by atoms with Crippen LogP contribution in [0.25, 0.3) is 10.9 Å². The summed E-state index contributed by atoms with van der Waals surface area (Å²) < 4.78 is 48.2. The Kier molecular flexibility index (Phi) is 5.87. The van der Waals surface area contributed by atoms with E-state index in [0.717, 1.165) is 5.56 Å². The molecule has 2 heterocycles. The quantitative estimate of drug-likeness (QED) is 0.541. The van der Waals surface area contributed by atoms with E-state index in [-0.39, 0.29) is 41.1 Å². The van der Waals surface area contributed by atoms with Crippen LogP contribution in [0, 0.1) is 5.82 Å². The summed E-state index contributed by atoms with van der Waals surface area (Å²) in [6.45, 7) is -0.870. The van der Waals surface area contributed by atoms with Gasteiger partial charge in [-0.25, -0.2) is 9.37 Å². The fourth-order valence-electron chi connectivity index (χ4n) is 4.08. The third kappa shape index (κ3) is 4.54. The Balaban J connectivity index is 1.48. The smallest absolute Gasteiger partial charge is 0.228 e. The van der Waals surface area contributed by atoms with Crippen LogP contribution in [0.15, 0.2) is 36.4 Å². The number of hydrogen-bond donors (Lipinski definition) is 2. The minimum absolute atomic E-state index is 0.00529. The normalized spacial score (nSPS) is 16.5. The van der Waals surface area contributed by atoms with E-state index in [1.54, 1.807) is 29.2 Å². The number of nitrogen functional groups attached to an aromatic ring is 1. The molecular formula is C24H29FN6O3. The first-order valence-electron chi connectivity index (χ1n) is 12.3. The third-order valence-electron chi connectivity index (χ3n) is 5.96. The second-order valence-corrected chi connectivity index (χ2v) is 7.91. The average molecular weight is 472 g/mol. The Hall–Kier alpha value is -3.66. The second kappa shape index (κ2) is 10.1. The van der Waals surface area contributed by atoms with Gasteiger partial charge in [0.2, 0.25) is 11.9 Å². The third-order valence-corrected chi connectivity index (χ3v) is 5.96. The number of fused-ring (bicyclic) bond motifs is 1. The lowest BCUT2D eigenvalue weighted by molar-refractivity contribution is -0.132. The number of carbonyl (C=O) groups excluding carboxylic acids is 1. The summed E-state index contributed by atoms with van der Waals surface area (Å²) in [5.41, 5.74) is 6.86. The number of hydrogen-bond acceptors (Lipinski definition) is 8. The molecule has 0 radical (unpaired) electrons. The number of benzene rings is 2. The summed E-state index contributed by atoms with van der Waals surface area (Å²) in [6, 6.07) is 9.89. The number of nitrogens with one attached hydrogen (secondary N) is 1. The highest BCUT2D eigenvalue weighted by Crippen LogP contribution is 2.37. The second-order valence-electron chi connectivity index (χ2n) is 7.91. The number of methoxy groups -OCH3 is 2. The van der Waals surface area contributed by atoms with E-state index in [0.29, 0.717) is 31.6 Å². The van der Waals surface area contributed by atoms with E-state index in [2.05, 4.69) is 15.3 Å². The Morgan fingerprint density at radius 2 is 1.94 bits per heavy atom. The molecule has 3 aromatic rings. The summed E-state index contributed by atoms with van der Waals surface area (Å²) in [7, 11) is 2.74. The number of rotatable bonds is 7. The predicted molar refractivity (Wildman–Crippen MR) is 129 cm³/mol. The van der Waals surface area contributed by atoms with Crippen LogP contribution in [0.1, 0.15) is 22.1 Å². The number of nitrogens with zero attached hydrogens (tertiary/aromatic N) is 4. The Morgan fingerprint density at radius 1 is 1.21 bits per heavy atom. The number of aromatic nitrogens is 2. The molecule has 1 aliphatic heterocycles. The maximum Gasteiger partial charge on any atom is 0.228 e. The molecule has 9 nitrogen and oxygen atoms in total. The van der Waals surface area contributed by atoms with Gasteiger partial charge in [0.15, 0.2) is 17.3 Å². The highest BCUT2D eigenvalue weighted by Gasteiger charge is 2.26. The monoisotopic (exact) mass is 471 g/mol. The Labute approximate surface area is 201 Å². The van der Waals surface area contributed by atoms with Gasteiger partial charge in [-0.2, -0.15) is 4.98 Å². The van der Waals surface area contributed by atoms with Crippen molar-refractivity contribution in [2.24, 2.45) is 0 Å². The Bertz CT molecular complexity index is 1270. The van der Waals surface area contributed by atoms with E-state index in [9.17, 15) is 4.79 Å². The number of anilines is 2. The van der Waals surface area contributed by atoms with E-state index in [1.165, 1.54) is 20.3 Å². The fraction of sp³-hybridized carbons (Fsp3) is 0.375. The van der Waals surface area contributed by atoms with Crippen molar-refractivity contribution in [3.8, 4) is 11.5 Å². The van der Waals surface area contributed by atoms with Crippen molar-refractivity contribution < 1.29 is 22.8 Å². The van der Waals surface area contributed by atoms with Crippen molar-refractivity contribution in [2.45, 2.75) is 12.5 Å². The molecule has 34 heavy (non-hydrogen) atoms. The molecule has 2 aromatic carbocycles. The van der Waals surface area contributed by atoms with Crippen LogP contribution in [0.4, 0.5) is 16.2 Å². The lowest BCUT2D eigenvalue weighted by atomic mass is 10.0. The molecule has 0 unspecified atom stereocenters. The van der Waals surface area contributed by atoms with Crippen molar-refractivity contribution in [3.05, 3.63) is 47.8 Å². The lowest BCUT2D eigenvalue weighted by Gasteiger charge is -2.35. The van der Waals surface area contributed by atoms with Gasteiger partial charge >= 0.3 is 0 Å². The van der Waals surface area contributed by atoms with Crippen molar-refractivity contribution >= 4 is 28.6 Å². The van der Waals surface area contributed by atoms with E-state index >= 15 is 4.39 Å². The number of ether oxygens (including phenoxy) is 2. The Morgan fingerprint density at radius 3 is 2.59 bits per heavy atom. The first-order valence-corrected chi connectivity index (χ1v) is 10.8. The topological polar surface area (TPSA) is 106 Å². The van der Waals surface area contributed by atoms with Crippen molar-refractivity contribution in [2.75, 3.05) is 58.0 Å². The van der Waals surface area contributed by atoms with Gasteiger partial charge in [-0.1, -0.05) is 30.3 Å². The summed E-state index contributed by atoms with van der Waals surface area (Å²) >= 11 is 0. The number of nitrogens with two attached hydrogens (primary N) is 1. The minimum Gasteiger partial charge on any atom is -0.493 e. The summed E-state index contributed by atoms with van der Waals surface area (Å²) in [5, 5.41) is 2.88. The fourth-order valence-corrected chi connectivity index (χ4v) is 4.08. The highest BCUT2D eigenvalue weighted by molar-refractivity contribution is 5.92. The molecule has 180 valence electrons. The van der Waals surface area contributed by atoms with Crippen LogP contribution in [0.2, 0.25) is 0 Å². The molecular weight excluding hydrogens is 439 g/mol. The molecule has 1 atom stereocenters. The minimum atomic E-state index is -2.39. The predicted octanol–water partition coefficient (Wildman–Crippen LogP) is 2.37. The van der Waals surface area contributed by atoms with Crippen LogP contribution >= 0.6 is 0 Å². The largest absolute Gasteiger partial charge is 0.493 e. The van der Waals surface area contributed by atoms with Gasteiger partial charge in [-0.05, 0) is 18.6 Å². The summed E-state index contributed by atoms with van der Waals surface area (Å²) in [5.74, 6) is -0.423. The zero-order valence-corrected chi connectivity index (χ0v) is 19.0. The molecule has 10 heteroatoms. The molecule has 3 N–H and O–H groups in total. The van der Waals surface area contributed by atoms with Gasteiger partial charge in [-0.15, -0.1) is 0 Å². The summed E-state index contributed by atoms with van der Waals surface area (Å²) in [6.07, 6.45) is -0.00529. The van der Waals surface area contributed by atoms with Crippen LogP contribution in [-0.4, -0.2) is 68.1 Å². The van der Waals surface area contributed by atoms with E-state index < -0.39 is 18.8 Å². The van der Waals surface area contributed by atoms with Crippen molar-refractivity contribution in [1.29, 1.82) is 0 Å². The first-order chi connectivity index (χ1) is 17.6. The van der Waals surface area contributed by atoms with Crippen molar-refractivity contribution in [1.82, 2.24) is 20.2 Å². The molecule has 0 aliphatic carbocycles. The van der Waals surface area contributed by atoms with E-state index in [1.807, 2.05) is 11.0 Å². The molecule has 0 bridgehead atoms. The van der Waals surface area contributed by atoms with Crippen LogP contribution in [-0.2, 0) is 4.79 Å². The van der Waals surface area contributed by atoms with Gasteiger partial charge in [0, 0.05) is 48.1 Å². The van der Waals surface area contributed by atoms with Crippen LogP contribution in [0.3, 0.4) is 0 Å². The van der Waals surface area contributed by atoms with E-state index in [4.69, 9.17) is 19.3 Å². The molecule has 1 saturated heterocycles. The lowest BCUT2D eigenvalue weighted by Crippen LogP contribution is -2.49. The zero-order valence-electron chi connectivity index (χ0n) is 22.0. The SMILES string of the molecule is [2H]C([2H])([2H])N[C@H](CC(=O)N1CCN(c2nc(N)c3cc(OC)c(OC)c(F)c3n2)CC1)c1ccccc1. The van der Waals surface area contributed by atoms with Crippen LogP contribution in [0.5, 0.6) is 11.5 Å². The molecule has 0 saturated carbocycles. The van der Waals surface area contributed by atoms with Gasteiger partial charge in [-0.3, -0.25) is 4.79 Å². The molecule has 0 spiro atoms. The number of carbonyl (C=O) groups is 1. The van der Waals surface area contributed by atoms with Crippen molar-refractivity contribution in [3.63, 3.8) is 0 Å². The van der Waals surface area contributed by atoms with Gasteiger partial charge in [0.1, 0.15) is 11.3 Å². The number of halogens is 1. The zero-order chi connectivity index (χ0) is 26.7. The molecule has 4 rings (SSSR count). The van der Waals surface area contributed by atoms with Crippen LogP contribution < -0.4 is 25.4 Å². The highest BCUT2D eigenvalue weighted by atomic mass is 19.1. The number of piperazine rings is 1. The van der Waals surface area contributed by atoms with Gasteiger partial charge < -0.3 is 30.3 Å². The first kappa shape index (κ1) is 19.8. The summed E-state index contributed by atoms with van der Waals surface area (Å²) in [4.78, 5) is 25.3. The molecule has 1 aromatic heterocycles. The standard InChI is InChI=1S/C24H29FN6O3/c1-27-17(15-7-5-4-6-8-15)14-19(32)30-9-11-31(12-10-30)24-28-21-16(23(26)29-24)13-18(33-2)22(34-3)20(21)25/h4-8,13,17,27H,9-12,14H2,1-3H3,(H2,26,28,29)/t17-/m1/s1/i1D3. The number of amides is 1. The maximum absolute atomic E-state index is 15.1. The maximum atomic E-state index is 15.1. The van der Waals surface area contributed by atoms with Gasteiger partial charge in [0.25, 0.3) is 0 Å². The van der Waals surface area contributed by atoms with Gasteiger partial charge in [0.05, 0.1) is 14.2 Å². The average Bonchev–Trinajstić information content (AvgIpc) is 2.88. The molecule has 1 aliphatic rings.